The molecule has 1 aliphatic rings. The van der Waals surface area contributed by atoms with E-state index in [9.17, 15) is 18.8 Å². The Kier molecular flexibility index (Phi) is 7.30. The largest absolute Gasteiger partial charge is 0.496 e. The number of rotatable bonds is 7. The number of halogens is 1. The van der Waals surface area contributed by atoms with E-state index in [1.165, 1.54) is 44.6 Å². The molecule has 3 rings (SSSR count). The molecule has 0 bridgehead atoms. The fourth-order valence-electron chi connectivity index (χ4n) is 3.48. The zero-order valence-corrected chi connectivity index (χ0v) is 19.0. The van der Waals surface area contributed by atoms with Crippen LogP contribution in [0.4, 0.5) is 4.39 Å². The van der Waals surface area contributed by atoms with Crippen molar-refractivity contribution < 1.29 is 28.2 Å². The smallest absolute Gasteiger partial charge is 0.222 e. The molecule has 2 aromatic carbocycles. The normalized spacial score (nSPS) is 13.4. The first-order chi connectivity index (χ1) is 15.3. The first-order valence-corrected chi connectivity index (χ1v) is 10.8. The third-order valence-corrected chi connectivity index (χ3v) is 6.17. The number of hydrogen-bond donors (Lipinski definition) is 0. The minimum absolute atomic E-state index is 0.0298. The molecular weight excluding hydrogens is 431 g/mol. The lowest BCUT2D eigenvalue weighted by atomic mass is 9.89. The zero-order chi connectivity index (χ0) is 23.4. The van der Waals surface area contributed by atoms with Gasteiger partial charge in [-0.3, -0.25) is 14.4 Å². The van der Waals surface area contributed by atoms with Crippen molar-refractivity contribution in [2.75, 3.05) is 14.2 Å². The Hall–Kier alpha value is -3.19. The summed E-state index contributed by atoms with van der Waals surface area (Å²) in [4.78, 5) is 38.1. The predicted octanol–water partition coefficient (Wildman–Crippen LogP) is 5.75. The highest BCUT2D eigenvalue weighted by atomic mass is 32.2. The Morgan fingerprint density at radius 3 is 2.31 bits per heavy atom. The van der Waals surface area contributed by atoms with Gasteiger partial charge in [0, 0.05) is 10.8 Å². The minimum atomic E-state index is -0.605. The van der Waals surface area contributed by atoms with Crippen molar-refractivity contribution in [3.05, 3.63) is 82.2 Å². The third kappa shape index (κ3) is 4.67. The lowest BCUT2D eigenvalue weighted by Gasteiger charge is -2.24. The summed E-state index contributed by atoms with van der Waals surface area (Å²) in [5.74, 6) is -0.920. The van der Waals surface area contributed by atoms with E-state index in [1.807, 2.05) is 19.9 Å². The first-order valence-electron chi connectivity index (χ1n) is 9.93. The molecule has 7 heteroatoms. The van der Waals surface area contributed by atoms with Gasteiger partial charge in [-0.25, -0.2) is 4.39 Å². The van der Waals surface area contributed by atoms with E-state index in [-0.39, 0.29) is 39.8 Å². The van der Waals surface area contributed by atoms with Crippen LogP contribution >= 0.6 is 11.8 Å². The summed E-state index contributed by atoms with van der Waals surface area (Å²) < 4.78 is 25.2. The molecule has 0 N–H and O–H groups in total. The van der Waals surface area contributed by atoms with Crippen molar-refractivity contribution >= 4 is 28.4 Å². The Morgan fingerprint density at radius 2 is 1.72 bits per heavy atom. The molecule has 0 amide bonds. The second kappa shape index (κ2) is 9.96. The molecule has 1 aliphatic carbocycles. The quantitative estimate of drug-likeness (QED) is 0.496. The maximum atomic E-state index is 14.2. The molecule has 0 heterocycles. The number of thioether (sulfide) groups is 1. The van der Waals surface area contributed by atoms with Crippen molar-refractivity contribution in [2.45, 2.75) is 25.5 Å². The van der Waals surface area contributed by atoms with Gasteiger partial charge in [-0.15, -0.1) is 0 Å². The second-order valence-corrected chi connectivity index (χ2v) is 8.58. The summed E-state index contributed by atoms with van der Waals surface area (Å²) in [6.07, 6.45) is 4.76. The van der Waals surface area contributed by atoms with Gasteiger partial charge >= 0.3 is 0 Å². The Labute approximate surface area is 190 Å². The summed E-state index contributed by atoms with van der Waals surface area (Å²) in [7, 11) is 2.81. The monoisotopic (exact) mass is 454 g/mol. The van der Waals surface area contributed by atoms with Crippen LogP contribution in [0.2, 0.25) is 0 Å². The topological polar surface area (TPSA) is 69.7 Å². The number of benzene rings is 2. The van der Waals surface area contributed by atoms with Crippen LogP contribution in [0.1, 0.15) is 62.2 Å². The van der Waals surface area contributed by atoms with Gasteiger partial charge in [0.25, 0.3) is 0 Å². The average Bonchev–Trinajstić information content (AvgIpc) is 2.77. The van der Waals surface area contributed by atoms with Gasteiger partial charge in [0.05, 0.1) is 30.9 Å². The molecular formula is C25H23FO5S. The third-order valence-electron chi connectivity index (χ3n) is 5.01. The summed E-state index contributed by atoms with van der Waals surface area (Å²) in [6, 6.07) is 7.40. The molecule has 1 unspecified atom stereocenters. The lowest BCUT2D eigenvalue weighted by molar-refractivity contribution is 0.0988. The molecule has 0 aliphatic heterocycles. The predicted molar refractivity (Wildman–Crippen MR) is 122 cm³/mol. The summed E-state index contributed by atoms with van der Waals surface area (Å²) in [5, 5.41) is -0.962. The molecule has 0 aromatic heterocycles. The second-order valence-electron chi connectivity index (χ2n) is 7.40. The molecule has 0 radical (unpaired) electrons. The molecule has 0 saturated heterocycles. The van der Waals surface area contributed by atoms with Crippen molar-refractivity contribution in [1.29, 1.82) is 0 Å². The van der Waals surface area contributed by atoms with E-state index in [0.717, 1.165) is 17.3 Å². The molecule has 0 spiro atoms. The highest BCUT2D eigenvalue weighted by Crippen LogP contribution is 2.46. The van der Waals surface area contributed by atoms with Gasteiger partial charge in [-0.05, 0) is 50.6 Å². The van der Waals surface area contributed by atoms with Crippen LogP contribution in [0.25, 0.3) is 0 Å². The van der Waals surface area contributed by atoms with Gasteiger partial charge < -0.3 is 9.47 Å². The van der Waals surface area contributed by atoms with Crippen molar-refractivity contribution in [3.8, 4) is 11.5 Å². The number of methoxy groups -OCH3 is 2. The van der Waals surface area contributed by atoms with E-state index in [0.29, 0.717) is 12.0 Å². The maximum absolute atomic E-state index is 14.2. The Bertz CT molecular complexity index is 1150. The Morgan fingerprint density at radius 1 is 1.06 bits per heavy atom. The SMILES string of the molecule is COc1cc(C(CC=C(C)C)SC(=O)c2ccccc2F)c(OC)c2c1C(=O)C=CC2=O. The molecule has 0 fully saturated rings. The average molecular weight is 455 g/mol. The summed E-state index contributed by atoms with van der Waals surface area (Å²) >= 11 is 0.935. The molecule has 1 atom stereocenters. The van der Waals surface area contributed by atoms with Gasteiger partial charge in [-0.2, -0.15) is 0 Å². The van der Waals surface area contributed by atoms with Gasteiger partial charge in [-0.1, -0.05) is 35.5 Å². The highest BCUT2D eigenvalue weighted by Gasteiger charge is 2.33. The van der Waals surface area contributed by atoms with Crippen molar-refractivity contribution in [3.63, 3.8) is 0 Å². The van der Waals surface area contributed by atoms with Crippen LogP contribution in [0.3, 0.4) is 0 Å². The Balaban J connectivity index is 2.16. The zero-order valence-electron chi connectivity index (χ0n) is 18.2. The van der Waals surface area contributed by atoms with Gasteiger partial charge in [0.2, 0.25) is 5.12 Å². The van der Waals surface area contributed by atoms with Crippen LogP contribution in [0.5, 0.6) is 11.5 Å². The number of fused-ring (bicyclic) bond motifs is 1. The van der Waals surface area contributed by atoms with Crippen molar-refractivity contribution in [1.82, 2.24) is 0 Å². The number of hydrogen-bond acceptors (Lipinski definition) is 6. The lowest BCUT2D eigenvalue weighted by Crippen LogP contribution is -2.17. The van der Waals surface area contributed by atoms with Gasteiger partial charge in [0.15, 0.2) is 11.6 Å². The van der Waals surface area contributed by atoms with Gasteiger partial charge in [0.1, 0.15) is 17.3 Å². The number of ether oxygens (including phenoxy) is 2. The van der Waals surface area contributed by atoms with Crippen LogP contribution < -0.4 is 9.47 Å². The number of carbonyl (C=O) groups excluding carboxylic acids is 3. The van der Waals surface area contributed by atoms with Crippen LogP contribution in [0, 0.1) is 5.82 Å². The van der Waals surface area contributed by atoms with E-state index in [2.05, 4.69) is 0 Å². The molecule has 32 heavy (non-hydrogen) atoms. The van der Waals surface area contributed by atoms with E-state index in [1.54, 1.807) is 12.1 Å². The van der Waals surface area contributed by atoms with E-state index in [4.69, 9.17) is 9.47 Å². The van der Waals surface area contributed by atoms with E-state index >= 15 is 0 Å². The standard InChI is InChI=1S/C25H23FO5S/c1-14(2)9-12-21(32-25(29)15-7-5-6-8-17(15)26)16-13-20(30-3)22-18(27)10-11-19(28)23(22)24(16)31-4/h5-11,13,21H,12H2,1-4H3. The van der Waals surface area contributed by atoms with Crippen LogP contribution in [-0.2, 0) is 0 Å². The fraction of sp³-hybridized carbons (Fsp3) is 0.240. The highest BCUT2D eigenvalue weighted by molar-refractivity contribution is 8.14. The fourth-order valence-corrected chi connectivity index (χ4v) is 4.52. The summed E-state index contributed by atoms with van der Waals surface area (Å²) in [5.41, 5.74) is 1.76. The summed E-state index contributed by atoms with van der Waals surface area (Å²) in [6.45, 7) is 3.86. The molecule has 5 nitrogen and oxygen atoms in total. The minimum Gasteiger partial charge on any atom is -0.496 e. The molecule has 2 aromatic rings. The van der Waals surface area contributed by atoms with Crippen LogP contribution in [-0.4, -0.2) is 30.9 Å². The van der Waals surface area contributed by atoms with Crippen molar-refractivity contribution in [2.24, 2.45) is 0 Å². The number of ketones is 2. The molecule has 166 valence electrons. The maximum Gasteiger partial charge on any atom is 0.222 e. The first kappa shape index (κ1) is 23.5. The molecule has 0 saturated carbocycles. The number of carbonyl (C=O) groups is 3. The van der Waals surface area contributed by atoms with Crippen LogP contribution in [0.15, 0.2) is 54.1 Å². The van der Waals surface area contributed by atoms with E-state index < -0.39 is 16.2 Å². The number of allylic oxidation sites excluding steroid dienone is 4.